The SMILES string of the molecule is [B]B([B])B(B([B])[B])B([B])B([B])[B-]. The van der Waals surface area contributed by atoms with Crippen LogP contribution in [0.15, 0.2) is 0 Å². The molecule has 0 aromatic rings. The first kappa shape index (κ1) is 12.8. The Morgan fingerprint density at radius 2 is 1.08 bits per heavy atom. The van der Waals surface area contributed by atoms with Crippen molar-refractivity contribution in [2.45, 2.75) is 0 Å². The molecular formula is B12-. The van der Waals surface area contributed by atoms with Crippen LogP contribution in [-0.4, -0.2) is 86.1 Å². The van der Waals surface area contributed by atoms with Crippen molar-refractivity contribution < 1.29 is 0 Å². The van der Waals surface area contributed by atoms with Crippen molar-refractivity contribution in [2.75, 3.05) is 0 Å². The van der Waals surface area contributed by atoms with E-state index >= 15 is 0 Å². The van der Waals surface area contributed by atoms with Crippen LogP contribution in [-0.2, 0) is 0 Å². The number of hydrogen-bond acceptors (Lipinski definition) is 0. The van der Waals surface area contributed by atoms with Crippen LogP contribution < -0.4 is 0 Å². The highest BCUT2D eigenvalue weighted by Crippen LogP contribution is 1.91. The summed E-state index contributed by atoms with van der Waals surface area (Å²) in [7, 11) is 37.9. The number of hydrogen-bond donors (Lipinski definition) is 0. The van der Waals surface area contributed by atoms with Gasteiger partial charge in [-0.1, -0.05) is 0 Å². The fraction of sp³-hybridized carbons (Fsp3) is 0. The second-order valence-electron chi connectivity index (χ2n) is 2.89. The smallest absolute Gasteiger partial charge is 0.00000165 e. The van der Waals surface area contributed by atoms with E-state index in [1.165, 1.54) is 0 Å². The third-order valence-electron chi connectivity index (χ3n) is 1.78. The molecule has 0 saturated carbocycles. The highest BCUT2D eigenvalue weighted by molar-refractivity contribution is 8.05. The summed E-state index contributed by atoms with van der Waals surface area (Å²) in [6, 6.07) is 0. The van der Waals surface area contributed by atoms with Crippen molar-refractivity contribution in [1.82, 2.24) is 0 Å². The lowest BCUT2D eigenvalue weighted by Gasteiger charge is -2.35. The molecule has 0 rings (SSSR count). The highest BCUT2D eigenvalue weighted by atomic mass is 13.1. The van der Waals surface area contributed by atoms with E-state index in [0.717, 1.165) is 0 Å². The van der Waals surface area contributed by atoms with E-state index in [9.17, 15) is 0 Å². The summed E-state index contributed by atoms with van der Waals surface area (Å²) in [5, 5.41) is 0. The van der Waals surface area contributed by atoms with Gasteiger partial charge < -0.3 is 7.74 Å². The minimum atomic E-state index is -0.723. The molecule has 12 heteroatoms. The first-order chi connectivity index (χ1) is 5.37. The molecule has 0 aliphatic heterocycles. The molecule has 0 atom stereocenters. The van der Waals surface area contributed by atoms with Crippen molar-refractivity contribution in [3.63, 3.8) is 0 Å². The Balaban J connectivity index is 4.30. The fourth-order valence-corrected chi connectivity index (χ4v) is 1.03. The monoisotopic (exact) mass is 132 g/mol. The predicted octanol–water partition coefficient (Wildman–Crippen LogP) is -4.57. The zero-order chi connectivity index (χ0) is 9.89. The maximum atomic E-state index is 5.59. The molecule has 0 fully saturated rings. The van der Waals surface area contributed by atoms with Crippen molar-refractivity contribution in [2.24, 2.45) is 0 Å². The average Bonchev–Trinajstić information content (AvgIpc) is 1.85. The molecule has 0 unspecified atom stereocenters. The van der Waals surface area contributed by atoms with Crippen molar-refractivity contribution in [3.05, 3.63) is 0 Å². The van der Waals surface area contributed by atoms with E-state index < -0.39 is 31.9 Å². The van der Waals surface area contributed by atoms with Crippen LogP contribution in [0.4, 0.5) is 0 Å². The van der Waals surface area contributed by atoms with Crippen LogP contribution in [0.3, 0.4) is 0 Å². The minimum Gasteiger partial charge on any atom is -0.687 e. The summed E-state index contributed by atoms with van der Waals surface area (Å²) >= 11 is 0. The zero-order valence-corrected chi connectivity index (χ0v) is 6.93. The molecule has 12 heavy (non-hydrogen) atoms. The van der Waals surface area contributed by atoms with Gasteiger partial charge in [-0.3, -0.25) is 0 Å². The Morgan fingerprint density at radius 1 is 0.750 bits per heavy atom. The Morgan fingerprint density at radius 3 is 1.17 bits per heavy atom. The summed E-state index contributed by atoms with van der Waals surface area (Å²) in [6.07, 6.45) is -3.22. The molecule has 0 aromatic heterocycles. The zero-order valence-electron chi connectivity index (χ0n) is 6.93. The lowest BCUT2D eigenvalue weighted by molar-refractivity contribution is 3.47. The Hall–Kier alpha value is 0.779. The minimum absolute atomic E-state index is 0.481. The maximum absolute atomic E-state index is 5.59. The lowest BCUT2D eigenvalue weighted by atomic mass is 8.53. The van der Waals surface area contributed by atoms with Gasteiger partial charge in [-0.05, 0) is 72.0 Å². The second-order valence-corrected chi connectivity index (χ2v) is 2.89. The molecule has 0 bridgehead atoms. The van der Waals surface area contributed by atoms with Gasteiger partial charge in [-0.25, -0.2) is 6.39 Å². The van der Waals surface area contributed by atoms with Gasteiger partial charge in [0.15, 0.2) is 0 Å². The van der Waals surface area contributed by atoms with E-state index in [2.05, 4.69) is 0 Å². The van der Waals surface area contributed by atoms with Crippen LogP contribution >= 0.6 is 0 Å². The van der Waals surface area contributed by atoms with E-state index in [1.807, 2.05) is 0 Å². The van der Waals surface area contributed by atoms with E-state index in [1.54, 1.807) is 0 Å². The molecule has 0 spiro atoms. The average molecular weight is 130 g/mol. The highest BCUT2D eigenvalue weighted by Gasteiger charge is 2.26. The molecule has 37 valence electrons. The summed E-state index contributed by atoms with van der Waals surface area (Å²) in [4.78, 5) is 0. The van der Waals surface area contributed by atoms with Gasteiger partial charge in [-0.15, -0.1) is 0 Å². The Bertz CT molecular complexity index is 103. The Kier molecular flexibility index (Phi) is 5.85. The van der Waals surface area contributed by atoms with E-state index in [4.69, 9.17) is 54.2 Å². The first-order valence-electron chi connectivity index (χ1n) is 3.67. The topological polar surface area (TPSA) is 0 Å². The van der Waals surface area contributed by atoms with Gasteiger partial charge in [0, 0.05) is 0 Å². The van der Waals surface area contributed by atoms with Gasteiger partial charge in [-0.2, -0.15) is 0 Å². The molecular weight excluding hydrogens is 130 g/mol. The standard InChI is InChI=1S/B12/c1-8(2)11(7)12(9(3)4)10(5)6/q-1. The van der Waals surface area contributed by atoms with Crippen LogP contribution in [0.5, 0.6) is 0 Å². The van der Waals surface area contributed by atoms with Gasteiger partial charge in [0.2, 0.25) is 0 Å². The van der Waals surface area contributed by atoms with Crippen LogP contribution in [0.1, 0.15) is 0 Å². The third-order valence-corrected chi connectivity index (χ3v) is 1.78. The first-order valence-corrected chi connectivity index (χ1v) is 3.67. The third kappa shape index (κ3) is 3.66. The Labute approximate surface area is 86.4 Å². The van der Waals surface area contributed by atoms with Crippen molar-refractivity contribution in [3.8, 4) is 0 Å². The van der Waals surface area contributed by atoms with Crippen LogP contribution in [0.2, 0.25) is 0 Å². The van der Waals surface area contributed by atoms with E-state index in [0.29, 0.717) is 0 Å². The summed E-state index contributed by atoms with van der Waals surface area (Å²) in [5.41, 5.74) is 0. The predicted molar refractivity (Wildman–Crippen MR) is 69.0 cm³/mol. The van der Waals surface area contributed by atoms with Crippen LogP contribution in [0, 0.1) is 0 Å². The van der Waals surface area contributed by atoms with Gasteiger partial charge in [0.05, 0.1) is 0 Å². The second kappa shape index (κ2) is 5.50. The molecule has 0 heterocycles. The molecule has 0 N–H and O–H groups in total. The number of rotatable bonds is 4. The quantitative estimate of drug-likeness (QED) is 0.336. The largest absolute Gasteiger partial charge is 0.687 e. The van der Waals surface area contributed by atoms with Crippen molar-refractivity contribution in [1.29, 1.82) is 0 Å². The maximum Gasteiger partial charge on any atom is -0.00000165 e. The summed E-state index contributed by atoms with van der Waals surface area (Å²) in [5.74, 6) is 0. The molecule has 0 aromatic carbocycles. The molecule has 0 saturated heterocycles. The fourth-order valence-electron chi connectivity index (χ4n) is 1.03. The summed E-state index contributed by atoms with van der Waals surface area (Å²) in [6.45, 7) is 0. The molecule has 15 radical (unpaired) electrons. The molecule has 0 nitrogen and oxygen atoms in total. The molecule has 0 aliphatic carbocycles. The van der Waals surface area contributed by atoms with Gasteiger partial charge in [0.25, 0.3) is 0 Å². The van der Waals surface area contributed by atoms with Crippen molar-refractivity contribution >= 4 is 86.1 Å². The van der Waals surface area contributed by atoms with Gasteiger partial charge in [0.1, 0.15) is 0 Å². The summed E-state index contributed by atoms with van der Waals surface area (Å²) < 4.78 is 0. The van der Waals surface area contributed by atoms with Gasteiger partial charge >= 0.3 is 0 Å². The molecule has 0 amide bonds. The molecule has 0 aliphatic rings. The normalized spacial score (nSPS) is 8.75. The van der Waals surface area contributed by atoms with Crippen LogP contribution in [0.25, 0.3) is 0 Å². The van der Waals surface area contributed by atoms with E-state index in [-0.39, 0.29) is 0 Å². The lowest BCUT2D eigenvalue weighted by Crippen LogP contribution is -2.67.